The molecular weight excluding hydrogens is 233 g/mol. The second-order valence-corrected chi connectivity index (χ2v) is 4.30. The zero-order valence-corrected chi connectivity index (χ0v) is 9.87. The topological polar surface area (TPSA) is 64.9 Å². The standard InChI is InChI=1S/C13H14FN3O/c14-12-7-9(1-2-10(12)8-15)13(18)17-11-3-5-16-6-4-11/h1-2,7,11,16H,3-6H2,(H,17,18). The van der Waals surface area contributed by atoms with Gasteiger partial charge >= 0.3 is 0 Å². The zero-order chi connectivity index (χ0) is 13.0. The van der Waals surface area contributed by atoms with E-state index in [0.29, 0.717) is 0 Å². The van der Waals surface area contributed by atoms with Crippen molar-refractivity contribution >= 4 is 5.91 Å². The number of hydrogen-bond acceptors (Lipinski definition) is 3. The van der Waals surface area contributed by atoms with Crippen LogP contribution in [0.25, 0.3) is 0 Å². The van der Waals surface area contributed by atoms with Crippen LogP contribution < -0.4 is 10.6 Å². The van der Waals surface area contributed by atoms with Crippen LogP contribution in [0.3, 0.4) is 0 Å². The minimum absolute atomic E-state index is 0.0478. The van der Waals surface area contributed by atoms with Gasteiger partial charge in [0, 0.05) is 11.6 Å². The predicted octanol–water partition coefficient (Wildman–Crippen LogP) is 1.18. The lowest BCUT2D eigenvalue weighted by atomic mass is 10.1. The number of carbonyl (C=O) groups excluding carboxylic acids is 1. The molecule has 1 fully saturated rings. The fourth-order valence-corrected chi connectivity index (χ4v) is 1.98. The first kappa shape index (κ1) is 12.5. The van der Waals surface area contributed by atoms with Gasteiger partial charge in [-0.1, -0.05) is 0 Å². The molecule has 1 aliphatic heterocycles. The van der Waals surface area contributed by atoms with E-state index in [1.165, 1.54) is 12.1 Å². The Morgan fingerprint density at radius 1 is 1.44 bits per heavy atom. The zero-order valence-electron chi connectivity index (χ0n) is 9.87. The SMILES string of the molecule is N#Cc1ccc(C(=O)NC2CCNCC2)cc1F. The Balaban J connectivity index is 2.04. The van der Waals surface area contributed by atoms with E-state index in [-0.39, 0.29) is 23.1 Å². The van der Waals surface area contributed by atoms with Crippen LogP contribution in [0.4, 0.5) is 4.39 Å². The van der Waals surface area contributed by atoms with E-state index >= 15 is 0 Å². The summed E-state index contributed by atoms with van der Waals surface area (Å²) in [7, 11) is 0. The molecule has 0 spiro atoms. The number of piperidine rings is 1. The molecule has 0 radical (unpaired) electrons. The third-order valence-corrected chi connectivity index (χ3v) is 3.03. The maximum absolute atomic E-state index is 13.4. The van der Waals surface area contributed by atoms with Crippen molar-refractivity contribution in [1.82, 2.24) is 10.6 Å². The van der Waals surface area contributed by atoms with E-state index in [1.54, 1.807) is 6.07 Å². The molecule has 1 saturated heterocycles. The van der Waals surface area contributed by atoms with Gasteiger partial charge in [-0.15, -0.1) is 0 Å². The molecule has 0 aromatic heterocycles. The van der Waals surface area contributed by atoms with Gasteiger partial charge in [0.2, 0.25) is 0 Å². The van der Waals surface area contributed by atoms with E-state index in [0.717, 1.165) is 32.0 Å². The molecule has 0 bridgehead atoms. The Labute approximate surface area is 105 Å². The predicted molar refractivity (Wildman–Crippen MR) is 64.5 cm³/mol. The van der Waals surface area contributed by atoms with E-state index in [1.807, 2.05) is 0 Å². The second-order valence-electron chi connectivity index (χ2n) is 4.30. The number of rotatable bonds is 2. The molecule has 0 atom stereocenters. The number of nitriles is 1. The highest BCUT2D eigenvalue weighted by Crippen LogP contribution is 2.10. The maximum Gasteiger partial charge on any atom is 0.251 e. The van der Waals surface area contributed by atoms with Crippen molar-refractivity contribution in [2.45, 2.75) is 18.9 Å². The van der Waals surface area contributed by atoms with E-state index in [9.17, 15) is 9.18 Å². The van der Waals surface area contributed by atoms with Gasteiger partial charge in [-0.05, 0) is 44.1 Å². The first-order valence-electron chi connectivity index (χ1n) is 5.92. The Bertz CT molecular complexity index is 489. The number of amides is 1. The summed E-state index contributed by atoms with van der Waals surface area (Å²) in [5.74, 6) is -0.944. The van der Waals surface area contributed by atoms with E-state index in [2.05, 4.69) is 10.6 Å². The normalized spacial score (nSPS) is 16.0. The van der Waals surface area contributed by atoms with Crippen LogP contribution in [-0.4, -0.2) is 25.0 Å². The number of nitrogens with one attached hydrogen (secondary N) is 2. The third-order valence-electron chi connectivity index (χ3n) is 3.03. The lowest BCUT2D eigenvalue weighted by Crippen LogP contribution is -2.42. The van der Waals surface area contributed by atoms with Crippen molar-refractivity contribution < 1.29 is 9.18 Å². The Hall–Kier alpha value is -1.93. The quantitative estimate of drug-likeness (QED) is 0.824. The van der Waals surface area contributed by atoms with Gasteiger partial charge in [-0.25, -0.2) is 4.39 Å². The number of hydrogen-bond donors (Lipinski definition) is 2. The fourth-order valence-electron chi connectivity index (χ4n) is 1.98. The summed E-state index contributed by atoms with van der Waals surface area (Å²) in [5, 5.41) is 14.7. The fraction of sp³-hybridized carbons (Fsp3) is 0.385. The van der Waals surface area contributed by atoms with Gasteiger partial charge in [-0.2, -0.15) is 5.26 Å². The molecule has 0 saturated carbocycles. The Morgan fingerprint density at radius 2 is 2.17 bits per heavy atom. The van der Waals surface area contributed by atoms with Gasteiger partial charge in [0.05, 0.1) is 5.56 Å². The molecule has 1 amide bonds. The van der Waals surface area contributed by atoms with Gasteiger partial charge in [0.25, 0.3) is 5.91 Å². The highest BCUT2D eigenvalue weighted by molar-refractivity contribution is 5.94. The van der Waals surface area contributed by atoms with Crippen molar-refractivity contribution in [2.24, 2.45) is 0 Å². The molecule has 1 aliphatic rings. The largest absolute Gasteiger partial charge is 0.349 e. The van der Waals surface area contributed by atoms with E-state index < -0.39 is 5.82 Å². The van der Waals surface area contributed by atoms with Crippen molar-refractivity contribution in [3.8, 4) is 6.07 Å². The minimum Gasteiger partial charge on any atom is -0.349 e. The highest BCUT2D eigenvalue weighted by atomic mass is 19.1. The first-order chi connectivity index (χ1) is 8.70. The molecule has 0 aliphatic carbocycles. The lowest BCUT2D eigenvalue weighted by molar-refractivity contribution is 0.0929. The third kappa shape index (κ3) is 2.84. The van der Waals surface area contributed by atoms with Crippen LogP contribution in [0.15, 0.2) is 18.2 Å². The van der Waals surface area contributed by atoms with Gasteiger partial charge in [0.1, 0.15) is 11.9 Å². The Morgan fingerprint density at radius 3 is 2.78 bits per heavy atom. The number of benzene rings is 1. The van der Waals surface area contributed by atoms with Crippen LogP contribution in [0.1, 0.15) is 28.8 Å². The molecular formula is C13H14FN3O. The summed E-state index contributed by atoms with van der Waals surface area (Å²) in [4.78, 5) is 11.9. The minimum atomic E-state index is -0.657. The molecule has 1 heterocycles. The van der Waals surface area contributed by atoms with Crippen LogP contribution in [-0.2, 0) is 0 Å². The van der Waals surface area contributed by atoms with Gasteiger partial charge < -0.3 is 10.6 Å². The molecule has 1 aromatic rings. The Kier molecular flexibility index (Phi) is 3.90. The molecule has 2 rings (SSSR count). The van der Waals surface area contributed by atoms with Crippen molar-refractivity contribution in [3.05, 3.63) is 35.1 Å². The highest BCUT2D eigenvalue weighted by Gasteiger charge is 2.17. The molecule has 94 valence electrons. The number of halogens is 1. The van der Waals surface area contributed by atoms with Gasteiger partial charge in [0.15, 0.2) is 0 Å². The maximum atomic E-state index is 13.4. The number of nitrogens with zero attached hydrogens (tertiary/aromatic N) is 1. The molecule has 0 unspecified atom stereocenters. The van der Waals surface area contributed by atoms with Crippen LogP contribution >= 0.6 is 0 Å². The summed E-state index contributed by atoms with van der Waals surface area (Å²) >= 11 is 0. The first-order valence-corrected chi connectivity index (χ1v) is 5.92. The smallest absolute Gasteiger partial charge is 0.251 e. The molecule has 1 aromatic carbocycles. The summed E-state index contributed by atoms with van der Waals surface area (Å²) in [6, 6.07) is 5.77. The lowest BCUT2D eigenvalue weighted by Gasteiger charge is -2.23. The average molecular weight is 247 g/mol. The van der Waals surface area contributed by atoms with Crippen LogP contribution in [0.2, 0.25) is 0 Å². The number of carbonyl (C=O) groups is 1. The molecule has 5 heteroatoms. The van der Waals surface area contributed by atoms with Gasteiger partial charge in [-0.3, -0.25) is 4.79 Å². The molecule has 18 heavy (non-hydrogen) atoms. The summed E-state index contributed by atoms with van der Waals surface area (Å²) < 4.78 is 13.4. The summed E-state index contributed by atoms with van der Waals surface area (Å²) in [6.07, 6.45) is 1.76. The summed E-state index contributed by atoms with van der Waals surface area (Å²) in [6.45, 7) is 1.76. The molecule has 4 nitrogen and oxygen atoms in total. The van der Waals surface area contributed by atoms with Crippen molar-refractivity contribution in [2.75, 3.05) is 13.1 Å². The molecule has 2 N–H and O–H groups in total. The monoisotopic (exact) mass is 247 g/mol. The second kappa shape index (κ2) is 5.61. The van der Waals surface area contributed by atoms with Crippen molar-refractivity contribution in [3.63, 3.8) is 0 Å². The van der Waals surface area contributed by atoms with Crippen LogP contribution in [0.5, 0.6) is 0 Å². The average Bonchev–Trinajstić information content (AvgIpc) is 2.39. The summed E-state index contributed by atoms with van der Waals surface area (Å²) in [5.41, 5.74) is 0.207. The van der Waals surface area contributed by atoms with Crippen molar-refractivity contribution in [1.29, 1.82) is 5.26 Å². The van der Waals surface area contributed by atoms with E-state index in [4.69, 9.17) is 5.26 Å². The van der Waals surface area contributed by atoms with Crippen LogP contribution in [0, 0.1) is 17.1 Å².